The standard InChI is InChI=1S/C20H18ClN5O2S/c1-11-9-17-24-25-20(26(17)16-10-13(28-3)6-7-14(11)16)29-12(2)19(27)23-15-5-4-8-22-18(15)21/h4-10,12H,1-3H3,(H,23,27). The Morgan fingerprint density at radius 1 is 1.28 bits per heavy atom. The lowest BCUT2D eigenvalue weighted by molar-refractivity contribution is -0.115. The van der Waals surface area contributed by atoms with Gasteiger partial charge in [0.05, 0.1) is 23.6 Å². The predicted molar refractivity (Wildman–Crippen MR) is 115 cm³/mol. The van der Waals surface area contributed by atoms with Crippen molar-refractivity contribution in [1.29, 1.82) is 0 Å². The molecule has 148 valence electrons. The van der Waals surface area contributed by atoms with Crippen LogP contribution >= 0.6 is 23.4 Å². The highest BCUT2D eigenvalue weighted by Crippen LogP contribution is 2.30. The number of nitrogens with one attached hydrogen (secondary N) is 1. The maximum Gasteiger partial charge on any atom is 0.237 e. The molecule has 0 radical (unpaired) electrons. The highest BCUT2D eigenvalue weighted by Gasteiger charge is 2.20. The number of amides is 1. The van der Waals surface area contributed by atoms with Crippen LogP contribution in [0.3, 0.4) is 0 Å². The number of aryl methyl sites for hydroxylation is 1. The summed E-state index contributed by atoms with van der Waals surface area (Å²) < 4.78 is 7.32. The largest absolute Gasteiger partial charge is 0.497 e. The van der Waals surface area contributed by atoms with Crippen molar-refractivity contribution < 1.29 is 9.53 Å². The van der Waals surface area contributed by atoms with Crippen molar-refractivity contribution in [3.63, 3.8) is 0 Å². The second-order valence-corrected chi connectivity index (χ2v) is 8.14. The summed E-state index contributed by atoms with van der Waals surface area (Å²) in [5.41, 5.74) is 3.21. The fourth-order valence-corrected chi connectivity index (χ4v) is 4.07. The van der Waals surface area contributed by atoms with Crippen LogP contribution in [0.25, 0.3) is 16.6 Å². The van der Waals surface area contributed by atoms with Crippen LogP contribution in [0.4, 0.5) is 5.69 Å². The lowest BCUT2D eigenvalue weighted by atomic mass is 10.1. The van der Waals surface area contributed by atoms with Gasteiger partial charge in [-0.1, -0.05) is 23.4 Å². The molecule has 1 atom stereocenters. The van der Waals surface area contributed by atoms with Crippen molar-refractivity contribution in [2.75, 3.05) is 12.4 Å². The molecule has 1 N–H and O–H groups in total. The number of pyridine rings is 2. The summed E-state index contributed by atoms with van der Waals surface area (Å²) in [4.78, 5) is 16.6. The molecule has 0 spiro atoms. The Bertz CT molecular complexity index is 1230. The van der Waals surface area contributed by atoms with Gasteiger partial charge in [0.1, 0.15) is 5.75 Å². The number of carbonyl (C=O) groups excluding carboxylic acids is 1. The van der Waals surface area contributed by atoms with Crippen LogP contribution in [-0.4, -0.2) is 37.8 Å². The third-order valence-electron chi connectivity index (χ3n) is 4.54. The van der Waals surface area contributed by atoms with E-state index in [1.54, 1.807) is 25.4 Å². The quantitative estimate of drug-likeness (QED) is 0.376. The first-order chi connectivity index (χ1) is 14.0. The lowest BCUT2D eigenvalue weighted by Crippen LogP contribution is -2.23. The minimum Gasteiger partial charge on any atom is -0.497 e. The number of fused-ring (bicyclic) bond motifs is 3. The van der Waals surface area contributed by atoms with Crippen LogP contribution in [0.2, 0.25) is 5.15 Å². The number of anilines is 1. The zero-order valence-corrected chi connectivity index (χ0v) is 17.6. The lowest BCUT2D eigenvalue weighted by Gasteiger charge is -2.13. The number of rotatable bonds is 5. The second-order valence-electron chi connectivity index (χ2n) is 6.48. The number of nitrogens with zero attached hydrogens (tertiary/aromatic N) is 4. The van der Waals surface area contributed by atoms with E-state index in [0.29, 0.717) is 16.5 Å². The summed E-state index contributed by atoms with van der Waals surface area (Å²) in [5, 5.41) is 12.9. The first-order valence-electron chi connectivity index (χ1n) is 8.88. The van der Waals surface area contributed by atoms with Gasteiger partial charge in [0.15, 0.2) is 16.0 Å². The maximum atomic E-state index is 12.6. The Morgan fingerprint density at radius 3 is 2.86 bits per heavy atom. The van der Waals surface area contributed by atoms with E-state index in [1.165, 1.54) is 11.8 Å². The van der Waals surface area contributed by atoms with Crippen LogP contribution in [0.1, 0.15) is 12.5 Å². The van der Waals surface area contributed by atoms with Gasteiger partial charge in [-0.3, -0.25) is 9.20 Å². The molecule has 4 aromatic rings. The summed E-state index contributed by atoms with van der Waals surface area (Å²) in [5.74, 6) is 0.543. The van der Waals surface area contributed by atoms with Crippen LogP contribution in [0.15, 0.2) is 47.8 Å². The average Bonchev–Trinajstić information content (AvgIpc) is 3.11. The van der Waals surface area contributed by atoms with E-state index in [0.717, 1.165) is 22.2 Å². The highest BCUT2D eigenvalue weighted by atomic mass is 35.5. The molecule has 1 aromatic carbocycles. The fourth-order valence-electron chi connectivity index (χ4n) is 3.03. The van der Waals surface area contributed by atoms with Gasteiger partial charge < -0.3 is 10.1 Å². The van der Waals surface area contributed by atoms with Crippen molar-refractivity contribution in [2.45, 2.75) is 24.3 Å². The summed E-state index contributed by atoms with van der Waals surface area (Å²) in [6, 6.07) is 11.3. The van der Waals surface area contributed by atoms with Gasteiger partial charge >= 0.3 is 0 Å². The molecule has 1 unspecified atom stereocenters. The molecule has 0 saturated carbocycles. The number of carbonyl (C=O) groups is 1. The van der Waals surface area contributed by atoms with E-state index < -0.39 is 5.25 Å². The number of hydrogen-bond donors (Lipinski definition) is 1. The number of halogens is 1. The van der Waals surface area contributed by atoms with Gasteiger partial charge in [0.2, 0.25) is 5.91 Å². The first kappa shape index (κ1) is 19.5. The molecule has 7 nitrogen and oxygen atoms in total. The first-order valence-corrected chi connectivity index (χ1v) is 10.1. The molecule has 3 heterocycles. The topological polar surface area (TPSA) is 81.4 Å². The Hall–Kier alpha value is -2.84. The average molecular weight is 428 g/mol. The minimum atomic E-state index is -0.430. The third-order valence-corrected chi connectivity index (χ3v) is 5.89. The molecule has 0 aliphatic heterocycles. The molecular formula is C20H18ClN5O2S. The SMILES string of the molecule is COc1ccc2c(C)cc3nnc(SC(C)C(=O)Nc4cccnc4Cl)n3c2c1. The van der Waals surface area contributed by atoms with Gasteiger partial charge in [-0.15, -0.1) is 10.2 Å². The highest BCUT2D eigenvalue weighted by molar-refractivity contribution is 8.00. The Kier molecular flexibility index (Phi) is 5.29. The fraction of sp³-hybridized carbons (Fsp3) is 0.200. The van der Waals surface area contributed by atoms with Gasteiger partial charge in [0.25, 0.3) is 0 Å². The predicted octanol–water partition coefficient (Wildman–Crippen LogP) is 4.37. The number of aromatic nitrogens is 4. The van der Waals surface area contributed by atoms with E-state index in [1.807, 2.05) is 42.5 Å². The Labute approximate surface area is 176 Å². The van der Waals surface area contributed by atoms with E-state index in [9.17, 15) is 4.79 Å². The summed E-state index contributed by atoms with van der Waals surface area (Å²) in [6.45, 7) is 3.84. The van der Waals surface area contributed by atoms with Crippen LogP contribution in [-0.2, 0) is 4.79 Å². The van der Waals surface area contributed by atoms with Crippen molar-refractivity contribution >= 4 is 51.5 Å². The van der Waals surface area contributed by atoms with Gasteiger partial charge in [-0.05, 0) is 49.7 Å². The summed E-state index contributed by atoms with van der Waals surface area (Å²) >= 11 is 7.35. The van der Waals surface area contributed by atoms with Crippen molar-refractivity contribution in [2.24, 2.45) is 0 Å². The van der Waals surface area contributed by atoms with E-state index in [4.69, 9.17) is 16.3 Å². The Balaban J connectivity index is 1.68. The van der Waals surface area contributed by atoms with E-state index in [2.05, 4.69) is 20.5 Å². The minimum absolute atomic E-state index is 0.198. The Morgan fingerprint density at radius 2 is 2.10 bits per heavy atom. The number of thioether (sulfide) groups is 1. The molecule has 1 amide bonds. The van der Waals surface area contributed by atoms with Gasteiger partial charge in [0, 0.05) is 17.6 Å². The molecule has 3 aromatic heterocycles. The van der Waals surface area contributed by atoms with Crippen LogP contribution in [0.5, 0.6) is 5.75 Å². The zero-order chi connectivity index (χ0) is 20.5. The normalized spacial score (nSPS) is 12.3. The van der Waals surface area contributed by atoms with Crippen molar-refractivity contribution in [1.82, 2.24) is 19.6 Å². The van der Waals surface area contributed by atoms with E-state index in [-0.39, 0.29) is 11.1 Å². The second kappa shape index (κ2) is 7.88. The molecule has 0 fully saturated rings. The smallest absolute Gasteiger partial charge is 0.237 e. The van der Waals surface area contributed by atoms with Crippen LogP contribution in [0, 0.1) is 6.92 Å². The van der Waals surface area contributed by atoms with Crippen LogP contribution < -0.4 is 10.1 Å². The van der Waals surface area contributed by atoms with Crippen molar-refractivity contribution in [3.05, 3.63) is 53.3 Å². The maximum absolute atomic E-state index is 12.6. The van der Waals surface area contributed by atoms with Gasteiger partial charge in [-0.25, -0.2) is 4.98 Å². The van der Waals surface area contributed by atoms with Crippen molar-refractivity contribution in [3.8, 4) is 5.75 Å². The number of ether oxygens (including phenoxy) is 1. The molecule has 0 saturated heterocycles. The molecule has 9 heteroatoms. The number of methoxy groups -OCH3 is 1. The molecule has 4 rings (SSSR count). The molecule has 0 bridgehead atoms. The molecule has 0 aliphatic rings. The van der Waals surface area contributed by atoms with E-state index >= 15 is 0 Å². The molecule has 0 aliphatic carbocycles. The molecule has 29 heavy (non-hydrogen) atoms. The summed E-state index contributed by atoms with van der Waals surface area (Å²) in [7, 11) is 1.63. The zero-order valence-electron chi connectivity index (χ0n) is 16.0. The monoisotopic (exact) mass is 427 g/mol. The third kappa shape index (κ3) is 3.73. The number of hydrogen-bond acceptors (Lipinski definition) is 6. The number of benzene rings is 1. The van der Waals surface area contributed by atoms with Gasteiger partial charge in [-0.2, -0.15) is 0 Å². The summed E-state index contributed by atoms with van der Waals surface area (Å²) in [6.07, 6.45) is 1.57. The molecular weight excluding hydrogens is 410 g/mol.